The highest BCUT2D eigenvalue weighted by atomic mass is 31.2. The molecule has 0 saturated heterocycles. The van der Waals surface area contributed by atoms with Crippen LogP contribution in [0.5, 0.6) is 5.75 Å². The first kappa shape index (κ1) is 21.9. The van der Waals surface area contributed by atoms with E-state index in [-0.39, 0.29) is 11.2 Å². The van der Waals surface area contributed by atoms with E-state index in [2.05, 4.69) is 20.8 Å². The van der Waals surface area contributed by atoms with Crippen molar-refractivity contribution in [3.05, 3.63) is 34.4 Å². The van der Waals surface area contributed by atoms with Gasteiger partial charge >= 0.3 is 7.60 Å². The Bertz CT molecular complexity index is 781. The first-order valence-electron chi connectivity index (χ1n) is 9.36. The van der Waals surface area contributed by atoms with Gasteiger partial charge in [-0.1, -0.05) is 26.8 Å². The standard InChI is InChI=1S/C21H31O5P/c1-14(27(24,25-5)26-6)19(22)12-11-15-13-18(21(2,3)4)20(23)17-10-8-7-9-16(15)17/h11-14,23H,7-10H2,1-6H3/b12-11+. The van der Waals surface area contributed by atoms with E-state index < -0.39 is 13.3 Å². The molecule has 1 unspecified atom stereocenters. The van der Waals surface area contributed by atoms with Gasteiger partial charge in [0, 0.05) is 19.8 Å². The summed E-state index contributed by atoms with van der Waals surface area (Å²) in [5.41, 5.74) is 2.83. The van der Waals surface area contributed by atoms with Crippen LogP contribution in [0.25, 0.3) is 6.08 Å². The normalized spacial score (nSPS) is 16.4. The van der Waals surface area contributed by atoms with E-state index in [1.54, 1.807) is 13.0 Å². The summed E-state index contributed by atoms with van der Waals surface area (Å²) in [6, 6.07) is 1.97. The maximum Gasteiger partial charge on any atom is 0.340 e. The molecule has 1 aromatic carbocycles. The maximum absolute atomic E-state index is 12.5. The number of carbonyl (C=O) groups excluding carboxylic acids is 1. The number of phenols is 1. The van der Waals surface area contributed by atoms with Crippen LogP contribution in [0.15, 0.2) is 12.1 Å². The maximum atomic E-state index is 12.5. The van der Waals surface area contributed by atoms with Gasteiger partial charge in [-0.2, -0.15) is 0 Å². The van der Waals surface area contributed by atoms with Crippen molar-refractivity contribution < 1.29 is 23.5 Å². The Kier molecular flexibility index (Phi) is 6.72. The molecule has 1 aromatic rings. The van der Waals surface area contributed by atoms with E-state index in [4.69, 9.17) is 9.05 Å². The third kappa shape index (κ3) is 4.53. The lowest BCUT2D eigenvalue weighted by atomic mass is 9.79. The molecular formula is C21H31O5P. The van der Waals surface area contributed by atoms with E-state index >= 15 is 0 Å². The lowest BCUT2D eigenvalue weighted by molar-refractivity contribution is -0.114. The molecule has 0 heterocycles. The average Bonchev–Trinajstić information content (AvgIpc) is 2.65. The Balaban J connectivity index is 2.45. The number of hydrogen-bond acceptors (Lipinski definition) is 5. The monoisotopic (exact) mass is 394 g/mol. The Hall–Kier alpha value is -1.42. The number of carbonyl (C=O) groups is 1. The van der Waals surface area contributed by atoms with Crippen LogP contribution in [0.2, 0.25) is 0 Å². The van der Waals surface area contributed by atoms with Gasteiger partial charge in [-0.25, -0.2) is 0 Å². The van der Waals surface area contributed by atoms with E-state index in [0.717, 1.165) is 47.9 Å². The fraction of sp³-hybridized carbons (Fsp3) is 0.571. The average molecular weight is 394 g/mol. The largest absolute Gasteiger partial charge is 0.507 e. The number of benzene rings is 1. The Morgan fingerprint density at radius 2 is 1.74 bits per heavy atom. The number of hydrogen-bond donors (Lipinski definition) is 1. The zero-order chi connectivity index (χ0) is 20.4. The summed E-state index contributed by atoms with van der Waals surface area (Å²) in [4.78, 5) is 12.5. The van der Waals surface area contributed by atoms with E-state index in [0.29, 0.717) is 5.75 Å². The van der Waals surface area contributed by atoms with Gasteiger partial charge in [-0.05, 0) is 66.9 Å². The van der Waals surface area contributed by atoms with Crippen molar-refractivity contribution in [1.29, 1.82) is 0 Å². The van der Waals surface area contributed by atoms with Crippen molar-refractivity contribution >= 4 is 19.5 Å². The Morgan fingerprint density at radius 3 is 2.26 bits per heavy atom. The zero-order valence-corrected chi connectivity index (χ0v) is 18.1. The number of rotatable bonds is 6. The molecule has 1 aliphatic rings. The van der Waals surface area contributed by atoms with Gasteiger partial charge in [0.2, 0.25) is 0 Å². The number of ketones is 1. The summed E-state index contributed by atoms with van der Waals surface area (Å²) in [6.45, 7) is 7.73. The van der Waals surface area contributed by atoms with Crippen LogP contribution in [0.1, 0.15) is 62.8 Å². The summed E-state index contributed by atoms with van der Waals surface area (Å²) < 4.78 is 22.3. The number of allylic oxidation sites excluding steroid dienone is 1. The zero-order valence-electron chi connectivity index (χ0n) is 17.2. The van der Waals surface area contributed by atoms with Gasteiger partial charge in [0.25, 0.3) is 0 Å². The van der Waals surface area contributed by atoms with Crippen molar-refractivity contribution in [2.24, 2.45) is 0 Å². The van der Waals surface area contributed by atoms with Gasteiger partial charge in [0.1, 0.15) is 11.4 Å². The number of aromatic hydroxyl groups is 1. The lowest BCUT2D eigenvalue weighted by Crippen LogP contribution is -2.17. The highest BCUT2D eigenvalue weighted by molar-refractivity contribution is 7.55. The highest BCUT2D eigenvalue weighted by Crippen LogP contribution is 2.51. The van der Waals surface area contributed by atoms with Crippen molar-refractivity contribution in [3.8, 4) is 5.75 Å². The van der Waals surface area contributed by atoms with Gasteiger partial charge < -0.3 is 14.2 Å². The fourth-order valence-corrected chi connectivity index (χ4v) is 4.72. The smallest absolute Gasteiger partial charge is 0.340 e. The summed E-state index contributed by atoms with van der Waals surface area (Å²) in [7, 11) is -0.894. The molecular weight excluding hydrogens is 363 g/mol. The molecule has 0 amide bonds. The second kappa shape index (κ2) is 8.30. The first-order valence-corrected chi connectivity index (χ1v) is 11.0. The molecule has 0 radical (unpaired) electrons. The molecule has 0 saturated carbocycles. The molecule has 0 fully saturated rings. The third-order valence-corrected chi connectivity index (χ3v) is 7.51. The van der Waals surface area contributed by atoms with Gasteiger partial charge in [0.05, 0.1) is 0 Å². The molecule has 2 rings (SSSR count). The predicted molar refractivity (Wildman–Crippen MR) is 109 cm³/mol. The molecule has 0 spiro atoms. The topological polar surface area (TPSA) is 72.8 Å². The summed E-state index contributed by atoms with van der Waals surface area (Å²) in [5.74, 6) is 0.0780. The minimum atomic E-state index is -3.46. The SMILES string of the molecule is COP(=O)(OC)C(C)C(=O)/C=C/c1cc(C(C)(C)C)c(O)c2c1CCCC2. The van der Waals surface area contributed by atoms with Crippen molar-refractivity contribution in [2.75, 3.05) is 14.2 Å². The molecule has 1 aliphatic carbocycles. The van der Waals surface area contributed by atoms with Crippen LogP contribution in [-0.4, -0.2) is 30.8 Å². The van der Waals surface area contributed by atoms with Crippen LogP contribution in [0, 0.1) is 0 Å². The fourth-order valence-electron chi connectivity index (χ4n) is 3.54. The molecule has 6 heteroatoms. The molecule has 5 nitrogen and oxygen atoms in total. The number of phenolic OH excluding ortho intramolecular Hbond substituents is 1. The van der Waals surface area contributed by atoms with Crippen molar-refractivity contribution in [1.82, 2.24) is 0 Å². The Labute approximate surface area is 162 Å². The first-order chi connectivity index (χ1) is 12.5. The summed E-state index contributed by atoms with van der Waals surface area (Å²) in [5, 5.41) is 10.8. The van der Waals surface area contributed by atoms with Gasteiger partial charge in [-0.3, -0.25) is 9.36 Å². The molecule has 27 heavy (non-hydrogen) atoms. The summed E-state index contributed by atoms with van der Waals surface area (Å²) in [6.07, 6.45) is 7.06. The predicted octanol–water partition coefficient (Wildman–Crippen LogP) is 5.03. The second-order valence-corrected chi connectivity index (χ2v) is 10.7. The Morgan fingerprint density at radius 1 is 1.19 bits per heavy atom. The highest BCUT2D eigenvalue weighted by Gasteiger charge is 2.34. The van der Waals surface area contributed by atoms with Crippen LogP contribution >= 0.6 is 7.60 Å². The molecule has 0 bridgehead atoms. The molecule has 0 aliphatic heterocycles. The van der Waals surface area contributed by atoms with Gasteiger partial charge in [0.15, 0.2) is 5.78 Å². The molecule has 150 valence electrons. The minimum Gasteiger partial charge on any atom is -0.507 e. The van der Waals surface area contributed by atoms with E-state index in [1.807, 2.05) is 6.07 Å². The minimum absolute atomic E-state index is 0.210. The quantitative estimate of drug-likeness (QED) is 0.541. The van der Waals surface area contributed by atoms with Crippen LogP contribution in [-0.2, 0) is 36.7 Å². The number of fused-ring (bicyclic) bond motifs is 1. The van der Waals surface area contributed by atoms with Crippen molar-refractivity contribution in [3.63, 3.8) is 0 Å². The molecule has 0 aromatic heterocycles. The van der Waals surface area contributed by atoms with E-state index in [9.17, 15) is 14.5 Å². The van der Waals surface area contributed by atoms with Crippen LogP contribution < -0.4 is 0 Å². The van der Waals surface area contributed by atoms with Crippen LogP contribution in [0.4, 0.5) is 0 Å². The van der Waals surface area contributed by atoms with Crippen LogP contribution in [0.3, 0.4) is 0 Å². The summed E-state index contributed by atoms with van der Waals surface area (Å²) >= 11 is 0. The van der Waals surface area contributed by atoms with E-state index in [1.165, 1.54) is 20.3 Å². The molecule has 1 N–H and O–H groups in total. The lowest BCUT2D eigenvalue weighted by Gasteiger charge is -2.27. The van der Waals surface area contributed by atoms with Gasteiger partial charge in [-0.15, -0.1) is 0 Å². The van der Waals surface area contributed by atoms with Crippen molar-refractivity contribution in [2.45, 2.75) is 64.5 Å². The third-order valence-electron chi connectivity index (χ3n) is 5.29. The second-order valence-electron chi connectivity index (χ2n) is 8.09. The molecule has 1 atom stereocenters.